The average molecular weight is 442 g/mol. The monoisotopic (exact) mass is 442 g/mol. The van der Waals surface area contributed by atoms with Crippen LogP contribution in [0.25, 0.3) is 0 Å². The van der Waals surface area contributed by atoms with Gasteiger partial charge in [-0.25, -0.2) is 9.59 Å². The molecule has 0 amide bonds. The van der Waals surface area contributed by atoms with Gasteiger partial charge in [0.2, 0.25) is 0 Å². The van der Waals surface area contributed by atoms with Gasteiger partial charge < -0.3 is 28.4 Å². The van der Waals surface area contributed by atoms with Crippen LogP contribution in [0.1, 0.15) is 34.6 Å². The molecule has 2 aliphatic rings. The van der Waals surface area contributed by atoms with Crippen molar-refractivity contribution in [1.82, 2.24) is 0 Å². The Kier molecular flexibility index (Phi) is 6.86. The highest BCUT2D eigenvalue weighted by Gasteiger charge is 2.51. The molecule has 8 nitrogen and oxygen atoms in total. The lowest BCUT2D eigenvalue weighted by atomic mass is 10.0. The third-order valence-corrected chi connectivity index (χ3v) is 5.24. The lowest BCUT2D eigenvalue weighted by Crippen LogP contribution is -2.45. The Balaban J connectivity index is 1.40. The van der Waals surface area contributed by atoms with Crippen LogP contribution in [0.2, 0.25) is 0 Å². The van der Waals surface area contributed by atoms with Gasteiger partial charge in [-0.3, -0.25) is 0 Å². The first-order valence-corrected chi connectivity index (χ1v) is 10.5. The lowest BCUT2D eigenvalue weighted by Gasteiger charge is -2.24. The zero-order valence-electron chi connectivity index (χ0n) is 18.0. The average Bonchev–Trinajstić information content (AvgIpc) is 3.05. The van der Waals surface area contributed by atoms with Crippen LogP contribution in [0, 0.1) is 0 Å². The van der Waals surface area contributed by atoms with E-state index in [-0.39, 0.29) is 20.0 Å². The van der Waals surface area contributed by atoms with E-state index in [9.17, 15) is 9.59 Å². The number of ether oxygens (including phenoxy) is 6. The first-order valence-electron chi connectivity index (χ1n) is 10.5. The fourth-order valence-electron chi connectivity index (χ4n) is 3.71. The maximum Gasteiger partial charge on any atom is 0.338 e. The highest BCUT2D eigenvalue weighted by molar-refractivity contribution is 5.89. The molecule has 0 aromatic heterocycles. The Morgan fingerprint density at radius 1 is 0.781 bits per heavy atom. The molecule has 0 spiro atoms. The van der Waals surface area contributed by atoms with Crippen LogP contribution in [0.3, 0.4) is 0 Å². The molecule has 2 fully saturated rings. The molecular formula is C24H26O8. The summed E-state index contributed by atoms with van der Waals surface area (Å²) in [6, 6.07) is 17.4. The molecule has 0 radical (unpaired) electrons. The number of carbonyl (C=O) groups is 2. The van der Waals surface area contributed by atoms with Gasteiger partial charge in [0, 0.05) is 0 Å². The minimum atomic E-state index is -0.900. The molecule has 2 aromatic rings. The van der Waals surface area contributed by atoms with Gasteiger partial charge in [0.1, 0.15) is 44.4 Å². The zero-order chi connectivity index (χ0) is 22.6. The standard InChI is InChI=1S/C24H26O8/c1-24(2)31-20-18(13-27-22(25)16-9-5-3-6-10-16)29-15-30-19(21(20)32-24)14-28-23(26)17-11-7-4-8-12-17/h3-12,18-21H,13-15H2,1-2H3/t18-,19-,20-,21+/m0/s1. The summed E-state index contributed by atoms with van der Waals surface area (Å²) >= 11 is 0. The summed E-state index contributed by atoms with van der Waals surface area (Å²) in [4.78, 5) is 24.7. The Labute approximate surface area is 186 Å². The molecule has 0 unspecified atom stereocenters. The van der Waals surface area contributed by atoms with E-state index < -0.39 is 42.1 Å². The van der Waals surface area contributed by atoms with Crippen LogP contribution in [-0.4, -0.2) is 62.1 Å². The number of rotatable bonds is 6. The third kappa shape index (κ3) is 5.34. The van der Waals surface area contributed by atoms with Crippen LogP contribution in [0.5, 0.6) is 0 Å². The highest BCUT2D eigenvalue weighted by Crippen LogP contribution is 2.35. The fourth-order valence-corrected chi connectivity index (χ4v) is 3.71. The van der Waals surface area contributed by atoms with Crippen molar-refractivity contribution in [3.05, 3.63) is 71.8 Å². The molecule has 4 atom stereocenters. The maximum atomic E-state index is 12.3. The van der Waals surface area contributed by atoms with Gasteiger partial charge in [0.05, 0.1) is 11.1 Å². The van der Waals surface area contributed by atoms with E-state index in [4.69, 9.17) is 28.4 Å². The molecule has 32 heavy (non-hydrogen) atoms. The molecule has 2 aromatic carbocycles. The van der Waals surface area contributed by atoms with Crippen LogP contribution >= 0.6 is 0 Å². The Morgan fingerprint density at radius 2 is 1.19 bits per heavy atom. The van der Waals surface area contributed by atoms with Crippen molar-refractivity contribution in [2.75, 3.05) is 20.0 Å². The van der Waals surface area contributed by atoms with E-state index in [0.29, 0.717) is 11.1 Å². The molecule has 0 saturated carbocycles. The van der Waals surface area contributed by atoms with Gasteiger partial charge in [0.15, 0.2) is 5.79 Å². The van der Waals surface area contributed by atoms with E-state index >= 15 is 0 Å². The van der Waals surface area contributed by atoms with Crippen molar-refractivity contribution in [2.45, 2.75) is 44.1 Å². The topological polar surface area (TPSA) is 89.5 Å². The van der Waals surface area contributed by atoms with Gasteiger partial charge in [-0.05, 0) is 38.1 Å². The second-order valence-electron chi connectivity index (χ2n) is 8.02. The van der Waals surface area contributed by atoms with E-state index in [1.54, 1.807) is 62.4 Å². The van der Waals surface area contributed by atoms with Crippen LogP contribution in [0.4, 0.5) is 0 Å². The van der Waals surface area contributed by atoms with Crippen molar-refractivity contribution in [2.24, 2.45) is 0 Å². The van der Waals surface area contributed by atoms with Gasteiger partial charge >= 0.3 is 11.9 Å². The fraction of sp³-hybridized carbons (Fsp3) is 0.417. The number of hydrogen-bond donors (Lipinski definition) is 0. The van der Waals surface area contributed by atoms with Crippen LogP contribution in [-0.2, 0) is 28.4 Å². The van der Waals surface area contributed by atoms with Crippen molar-refractivity contribution in [3.8, 4) is 0 Å². The smallest absolute Gasteiger partial charge is 0.338 e. The number of hydrogen-bond acceptors (Lipinski definition) is 8. The summed E-state index contributed by atoms with van der Waals surface area (Å²) < 4.78 is 34.5. The van der Waals surface area contributed by atoms with Crippen LogP contribution < -0.4 is 0 Å². The van der Waals surface area contributed by atoms with E-state index in [1.807, 2.05) is 12.1 Å². The normalized spacial score (nSPS) is 26.6. The number of esters is 2. The minimum Gasteiger partial charge on any atom is -0.459 e. The molecular weight excluding hydrogens is 416 g/mol. The summed E-state index contributed by atoms with van der Waals surface area (Å²) in [5.41, 5.74) is 0.895. The van der Waals surface area contributed by atoms with E-state index in [2.05, 4.69) is 0 Å². The Morgan fingerprint density at radius 3 is 1.59 bits per heavy atom. The van der Waals surface area contributed by atoms with Crippen molar-refractivity contribution in [3.63, 3.8) is 0 Å². The summed E-state index contributed by atoms with van der Waals surface area (Å²) in [6.45, 7) is 3.41. The molecule has 0 N–H and O–H groups in total. The molecule has 2 heterocycles. The molecule has 0 bridgehead atoms. The Bertz CT molecular complexity index is 841. The first-order chi connectivity index (χ1) is 15.4. The molecule has 0 aliphatic carbocycles. The zero-order valence-corrected chi connectivity index (χ0v) is 18.0. The Hall–Kier alpha value is -2.78. The molecule has 2 aliphatic heterocycles. The van der Waals surface area contributed by atoms with Crippen molar-refractivity contribution >= 4 is 11.9 Å². The number of fused-ring (bicyclic) bond motifs is 1. The predicted octanol–water partition coefficient (Wildman–Crippen LogP) is 2.96. The summed E-state index contributed by atoms with van der Waals surface area (Å²) in [5.74, 6) is -1.81. The lowest BCUT2D eigenvalue weighted by molar-refractivity contribution is -0.201. The van der Waals surface area contributed by atoms with E-state index in [0.717, 1.165) is 0 Å². The predicted molar refractivity (Wildman–Crippen MR) is 112 cm³/mol. The molecule has 4 rings (SSSR count). The third-order valence-electron chi connectivity index (χ3n) is 5.24. The first kappa shape index (κ1) is 22.4. The van der Waals surface area contributed by atoms with Gasteiger partial charge in [-0.1, -0.05) is 36.4 Å². The second-order valence-corrected chi connectivity index (χ2v) is 8.02. The summed E-state index contributed by atoms with van der Waals surface area (Å²) in [6.07, 6.45) is -2.36. The number of carbonyl (C=O) groups excluding carboxylic acids is 2. The molecule has 170 valence electrons. The van der Waals surface area contributed by atoms with Crippen molar-refractivity contribution < 1.29 is 38.0 Å². The largest absolute Gasteiger partial charge is 0.459 e. The molecule has 2 saturated heterocycles. The molecule has 8 heteroatoms. The van der Waals surface area contributed by atoms with Gasteiger partial charge in [-0.15, -0.1) is 0 Å². The summed E-state index contributed by atoms with van der Waals surface area (Å²) in [5, 5.41) is 0. The SMILES string of the molecule is CC1(C)O[C@@H]2[C@H](O1)[C@H](COC(=O)c1ccccc1)OCO[C@H]2COC(=O)c1ccccc1. The number of benzene rings is 2. The maximum absolute atomic E-state index is 12.3. The van der Waals surface area contributed by atoms with Crippen molar-refractivity contribution in [1.29, 1.82) is 0 Å². The van der Waals surface area contributed by atoms with Gasteiger partial charge in [-0.2, -0.15) is 0 Å². The minimum absolute atomic E-state index is 0.0335. The second kappa shape index (κ2) is 9.79. The van der Waals surface area contributed by atoms with E-state index in [1.165, 1.54) is 0 Å². The quantitative estimate of drug-likeness (QED) is 0.631. The summed E-state index contributed by atoms with van der Waals surface area (Å²) in [7, 11) is 0. The highest BCUT2D eigenvalue weighted by atomic mass is 16.8. The van der Waals surface area contributed by atoms with Crippen LogP contribution in [0.15, 0.2) is 60.7 Å². The van der Waals surface area contributed by atoms with Gasteiger partial charge in [0.25, 0.3) is 0 Å².